The Morgan fingerprint density at radius 3 is 0.797 bits per heavy atom. The summed E-state index contributed by atoms with van der Waals surface area (Å²) in [4.78, 5) is 61.3. The van der Waals surface area contributed by atoms with Crippen molar-refractivity contribution in [3.8, 4) is 0 Å². The van der Waals surface area contributed by atoms with Crippen LogP contribution in [0.1, 0.15) is 96.8 Å². The van der Waals surface area contributed by atoms with Crippen LogP contribution in [-0.2, 0) is 19.2 Å². The van der Waals surface area contributed by atoms with Crippen molar-refractivity contribution in [1.29, 1.82) is 0 Å². The minimum atomic E-state index is -1.68. The Labute approximate surface area is 395 Å². The van der Waals surface area contributed by atoms with E-state index in [0.717, 1.165) is 58.5 Å². The largest absolute Gasteiger partial charge is 0.273 e. The van der Waals surface area contributed by atoms with E-state index in [0.29, 0.717) is 45.8 Å². The van der Waals surface area contributed by atoms with Gasteiger partial charge in [0.15, 0.2) is 0 Å². The summed E-state index contributed by atoms with van der Waals surface area (Å²) in [6, 6.07) is 38.7. The molecule has 14 heteroatoms. The SMILES string of the molecule is O=C1C2CCCCC2C(=O)N2C(c3ccccc3Cl)P(c3ccccc3P3C(c4ccccc4Cl)N4C(=O)C5CCCCC5C(=O)N4C3c3ccccc3Cl)C(c3ccccc3Cl)N12. The lowest BCUT2D eigenvalue weighted by atomic mass is 9.76. The maximum atomic E-state index is 15.3. The van der Waals surface area contributed by atoms with Crippen LogP contribution in [0, 0.1) is 23.7 Å². The summed E-state index contributed by atoms with van der Waals surface area (Å²) in [5, 5.41) is 10.8. The average molecular weight is 969 g/mol. The molecule has 5 aromatic carbocycles. The molecule has 6 aliphatic rings. The highest BCUT2D eigenvalue weighted by Gasteiger charge is 2.64. The van der Waals surface area contributed by atoms with Gasteiger partial charge in [-0.2, -0.15) is 0 Å². The van der Waals surface area contributed by atoms with E-state index >= 15 is 19.2 Å². The first-order valence-corrected chi connectivity index (χ1v) is 26.6. The van der Waals surface area contributed by atoms with Crippen LogP contribution in [0.2, 0.25) is 20.1 Å². The van der Waals surface area contributed by atoms with Crippen LogP contribution in [0.3, 0.4) is 0 Å². The fraction of sp³-hybridized carbons (Fsp3) is 0.320. The zero-order valence-electron chi connectivity index (χ0n) is 34.7. The smallest absolute Gasteiger partial charge is 0.246 e. The molecule has 0 aromatic heterocycles. The normalized spacial score (nSPS) is 30.0. The number of hydrazine groups is 2. The second kappa shape index (κ2) is 17.0. The van der Waals surface area contributed by atoms with E-state index in [1.165, 1.54) is 0 Å². The van der Waals surface area contributed by atoms with E-state index in [4.69, 9.17) is 46.4 Å². The van der Waals surface area contributed by atoms with Gasteiger partial charge in [-0.1, -0.05) is 169 Å². The Balaban J connectivity index is 1.21. The van der Waals surface area contributed by atoms with E-state index in [2.05, 4.69) is 12.1 Å². The zero-order valence-corrected chi connectivity index (χ0v) is 39.5. The van der Waals surface area contributed by atoms with E-state index in [9.17, 15) is 0 Å². The molecular formula is C50H44Cl4N4O4P2. The molecule has 4 aliphatic heterocycles. The molecule has 0 N–H and O–H groups in total. The van der Waals surface area contributed by atoms with Gasteiger partial charge in [0.05, 0.1) is 23.7 Å². The molecule has 4 saturated heterocycles. The van der Waals surface area contributed by atoms with Crippen molar-refractivity contribution in [1.82, 2.24) is 20.0 Å². The van der Waals surface area contributed by atoms with Gasteiger partial charge in [-0.3, -0.25) is 19.2 Å². The molecular weight excluding hydrogens is 924 g/mol. The van der Waals surface area contributed by atoms with Crippen LogP contribution >= 0.6 is 62.2 Å². The Kier molecular flexibility index (Phi) is 11.3. The summed E-state index contributed by atoms with van der Waals surface area (Å²) in [6.45, 7) is 0. The van der Waals surface area contributed by atoms with Crippen LogP contribution in [0.4, 0.5) is 0 Å². The lowest BCUT2D eigenvalue weighted by Crippen LogP contribution is -2.59. The fourth-order valence-electron chi connectivity index (χ4n) is 11.5. The molecule has 0 spiro atoms. The number of carbonyl (C=O) groups is 4. The van der Waals surface area contributed by atoms with Gasteiger partial charge in [-0.05, 0) is 98.7 Å². The minimum Gasteiger partial charge on any atom is -0.273 e. The highest BCUT2D eigenvalue weighted by atomic mass is 35.5. The molecule has 0 radical (unpaired) electrons. The van der Waals surface area contributed by atoms with Gasteiger partial charge in [0.25, 0.3) is 0 Å². The molecule has 64 heavy (non-hydrogen) atoms. The first-order valence-electron chi connectivity index (χ1n) is 22.1. The Morgan fingerprint density at radius 2 is 0.562 bits per heavy atom. The zero-order chi connectivity index (χ0) is 44.0. The number of rotatable bonds is 6. The summed E-state index contributed by atoms with van der Waals surface area (Å²) in [7, 11) is -3.37. The van der Waals surface area contributed by atoms with Crippen LogP contribution in [0.25, 0.3) is 0 Å². The number of hydrogen-bond acceptors (Lipinski definition) is 4. The van der Waals surface area contributed by atoms with Gasteiger partial charge in [-0.15, -0.1) is 0 Å². The fourth-order valence-corrected chi connectivity index (χ4v) is 20.2. The van der Waals surface area contributed by atoms with E-state index in [1.54, 1.807) is 20.0 Å². The summed E-state index contributed by atoms with van der Waals surface area (Å²) in [5.41, 5.74) is 2.95. The monoisotopic (exact) mass is 966 g/mol. The number of amides is 4. The minimum absolute atomic E-state index is 0.0785. The Morgan fingerprint density at radius 1 is 0.344 bits per heavy atom. The van der Waals surface area contributed by atoms with Crippen molar-refractivity contribution in [3.63, 3.8) is 0 Å². The molecule has 4 heterocycles. The number of nitrogens with zero attached hydrogens (tertiary/aromatic N) is 4. The van der Waals surface area contributed by atoms with Gasteiger partial charge in [0.2, 0.25) is 23.6 Å². The number of hydrogen-bond donors (Lipinski definition) is 0. The molecule has 2 saturated carbocycles. The lowest BCUT2D eigenvalue weighted by molar-refractivity contribution is -0.185. The summed E-state index contributed by atoms with van der Waals surface area (Å²) < 4.78 is 0. The maximum Gasteiger partial charge on any atom is 0.246 e. The van der Waals surface area contributed by atoms with Crippen molar-refractivity contribution in [2.45, 2.75) is 74.5 Å². The third-order valence-electron chi connectivity index (χ3n) is 14.3. The van der Waals surface area contributed by atoms with Crippen molar-refractivity contribution in [2.75, 3.05) is 0 Å². The highest BCUT2D eigenvalue weighted by Crippen LogP contribution is 2.75. The predicted molar refractivity (Wildman–Crippen MR) is 255 cm³/mol. The molecule has 8 nitrogen and oxygen atoms in total. The van der Waals surface area contributed by atoms with Crippen molar-refractivity contribution < 1.29 is 19.2 Å². The second-order valence-corrected chi connectivity index (χ2v) is 23.8. The van der Waals surface area contributed by atoms with Crippen LogP contribution in [0.15, 0.2) is 121 Å². The third-order valence-corrected chi connectivity index (χ3v) is 21.9. The average Bonchev–Trinajstić information content (AvgIpc) is 3.85. The van der Waals surface area contributed by atoms with Crippen molar-refractivity contribution in [2.24, 2.45) is 23.7 Å². The standard InChI is InChI=1S/C50H44Cl4N4O4P2/c51-37-23-9-5-19-33(37)47-55-43(59)29-15-1-2-16-30(29)44(60)56(55)48(34-20-6-10-24-38(34)52)63(47)41-27-13-14-28-42(41)64-49(35-21-7-11-25-39(35)53)57-45(61)31-17-3-4-18-32(31)46(62)58(57)50(64)36-22-8-12-26-40(36)54/h5-14,19-32,47-50H,1-4,15-18H2. The highest BCUT2D eigenvalue weighted by molar-refractivity contribution is 7.73. The molecule has 8 atom stereocenters. The number of halogens is 4. The summed E-state index contributed by atoms with van der Waals surface area (Å²) >= 11 is 29.0. The van der Waals surface area contributed by atoms with E-state index < -0.39 is 62.6 Å². The van der Waals surface area contributed by atoms with Gasteiger partial charge >= 0.3 is 0 Å². The molecule has 11 rings (SSSR count). The van der Waals surface area contributed by atoms with E-state index in [-0.39, 0.29) is 23.6 Å². The topological polar surface area (TPSA) is 81.2 Å². The van der Waals surface area contributed by atoms with Crippen molar-refractivity contribution in [3.05, 3.63) is 164 Å². The molecule has 2 aliphatic carbocycles. The van der Waals surface area contributed by atoms with E-state index in [1.807, 2.05) is 109 Å². The Bertz CT molecular complexity index is 2380. The molecule has 8 unspecified atom stereocenters. The Hall–Kier alpha value is -4.00. The second-order valence-electron chi connectivity index (χ2n) is 17.6. The van der Waals surface area contributed by atoms with Gasteiger partial charge in [0, 0.05) is 20.1 Å². The predicted octanol–water partition coefficient (Wildman–Crippen LogP) is 12.1. The van der Waals surface area contributed by atoms with Crippen molar-refractivity contribution >= 4 is 96.5 Å². The molecule has 5 aromatic rings. The molecule has 6 fully saturated rings. The summed E-state index contributed by atoms with van der Waals surface area (Å²) in [6.07, 6.45) is 6.05. The summed E-state index contributed by atoms with van der Waals surface area (Å²) in [5.74, 6) is -4.79. The van der Waals surface area contributed by atoms with Crippen LogP contribution < -0.4 is 10.6 Å². The molecule has 326 valence electrons. The third kappa shape index (κ3) is 6.60. The van der Waals surface area contributed by atoms with Crippen LogP contribution in [-0.4, -0.2) is 43.7 Å². The van der Waals surface area contributed by atoms with Gasteiger partial charge < -0.3 is 0 Å². The first-order chi connectivity index (χ1) is 31.2. The molecule has 4 amide bonds. The number of fused-ring (bicyclic) bond motifs is 4. The quantitative estimate of drug-likeness (QED) is 0.159. The van der Waals surface area contributed by atoms with Gasteiger partial charge in [-0.25, -0.2) is 20.0 Å². The number of carbonyl (C=O) groups excluding carboxylic acids is 4. The number of benzene rings is 5. The van der Waals surface area contributed by atoms with Gasteiger partial charge in [0.1, 0.15) is 23.1 Å². The maximum absolute atomic E-state index is 15.3. The van der Waals surface area contributed by atoms with Crippen LogP contribution in [0.5, 0.6) is 0 Å². The first kappa shape index (κ1) is 42.6. The lowest BCUT2D eigenvalue weighted by Gasteiger charge is -2.46. The molecule has 0 bridgehead atoms.